The van der Waals surface area contributed by atoms with Crippen molar-refractivity contribution in [2.24, 2.45) is 0 Å². The van der Waals surface area contributed by atoms with Crippen LogP contribution >= 0.6 is 11.6 Å². The summed E-state index contributed by atoms with van der Waals surface area (Å²) in [5.74, 6) is -1.22. The van der Waals surface area contributed by atoms with E-state index in [1.807, 2.05) is 19.1 Å². The highest BCUT2D eigenvalue weighted by Crippen LogP contribution is 2.36. The fourth-order valence-corrected chi connectivity index (χ4v) is 4.98. The Labute approximate surface area is 227 Å². The number of carbonyl (C=O) groups is 2. The highest BCUT2D eigenvalue weighted by atomic mass is 35.5. The first kappa shape index (κ1) is 31.4. The van der Waals surface area contributed by atoms with E-state index in [4.69, 9.17) is 11.6 Å². The lowest BCUT2D eigenvalue weighted by Gasteiger charge is -2.34. The summed E-state index contributed by atoms with van der Waals surface area (Å²) in [5.41, 5.74) is -0.600. The topological polar surface area (TPSA) is 86.8 Å². The highest BCUT2D eigenvalue weighted by molar-refractivity contribution is 7.92. The lowest BCUT2D eigenvalue weighted by atomic mass is 10.0. The van der Waals surface area contributed by atoms with E-state index >= 15 is 0 Å². The van der Waals surface area contributed by atoms with Gasteiger partial charge >= 0.3 is 6.18 Å². The minimum atomic E-state index is -4.76. The van der Waals surface area contributed by atoms with E-state index < -0.39 is 57.4 Å². The quantitative estimate of drug-likeness (QED) is 0.448. The molecule has 12 heteroatoms. The molecule has 0 aromatic heterocycles. The van der Waals surface area contributed by atoms with Crippen LogP contribution in [0.1, 0.15) is 50.8 Å². The number of anilines is 1. The van der Waals surface area contributed by atoms with Gasteiger partial charge in [0.1, 0.15) is 12.6 Å². The van der Waals surface area contributed by atoms with Crippen LogP contribution in [0.4, 0.5) is 18.9 Å². The van der Waals surface area contributed by atoms with Gasteiger partial charge in [0.15, 0.2) is 0 Å². The van der Waals surface area contributed by atoms with Crippen LogP contribution in [0.15, 0.2) is 42.5 Å². The van der Waals surface area contributed by atoms with Crippen molar-refractivity contribution >= 4 is 39.1 Å². The first-order valence-corrected chi connectivity index (χ1v) is 14.1. The second kappa shape index (κ2) is 11.9. The van der Waals surface area contributed by atoms with Crippen LogP contribution in [0, 0.1) is 6.92 Å². The SMILES string of the molecule is CCC(C(=O)NC(C)(C)C)N(Cc1cccc(C)c1)C(=O)CN(c1cc(C(F)(F)F)ccc1Cl)S(C)(=O)=O. The molecule has 1 N–H and O–H groups in total. The number of amides is 2. The van der Waals surface area contributed by atoms with Gasteiger partial charge in [-0.25, -0.2) is 8.42 Å². The van der Waals surface area contributed by atoms with Gasteiger partial charge in [-0.15, -0.1) is 0 Å². The summed E-state index contributed by atoms with van der Waals surface area (Å²) in [7, 11) is -4.26. The Balaban J connectivity index is 2.57. The third-order valence-electron chi connectivity index (χ3n) is 5.54. The maximum Gasteiger partial charge on any atom is 0.416 e. The fraction of sp³-hybridized carbons (Fsp3) is 0.462. The third-order valence-corrected chi connectivity index (χ3v) is 6.99. The molecule has 1 unspecified atom stereocenters. The first-order valence-electron chi connectivity index (χ1n) is 11.8. The summed E-state index contributed by atoms with van der Waals surface area (Å²) in [5, 5.41) is 2.56. The predicted octanol–water partition coefficient (Wildman–Crippen LogP) is 5.16. The van der Waals surface area contributed by atoms with E-state index in [9.17, 15) is 31.2 Å². The summed E-state index contributed by atoms with van der Waals surface area (Å²) >= 11 is 6.11. The van der Waals surface area contributed by atoms with Gasteiger partial charge in [-0.05, 0) is 57.9 Å². The Morgan fingerprint density at radius 2 is 1.71 bits per heavy atom. The standard InChI is InChI=1S/C26H33ClF3N3O4S/c1-7-21(24(35)31-25(3,4)5)32(15-18-10-8-9-17(2)13-18)23(34)16-33(38(6,36)37)22-14-19(26(28,29)30)11-12-20(22)27/h8-14,21H,7,15-16H2,1-6H3,(H,31,35). The van der Waals surface area contributed by atoms with Crippen LogP contribution in [0.2, 0.25) is 5.02 Å². The zero-order valence-corrected chi connectivity index (χ0v) is 23.8. The van der Waals surface area contributed by atoms with E-state index in [2.05, 4.69) is 5.32 Å². The number of nitrogens with zero attached hydrogens (tertiary/aromatic N) is 2. The lowest BCUT2D eigenvalue weighted by molar-refractivity contribution is -0.141. The highest BCUT2D eigenvalue weighted by Gasteiger charge is 2.35. The van der Waals surface area contributed by atoms with Crippen molar-refractivity contribution in [3.63, 3.8) is 0 Å². The normalized spacial score (nSPS) is 13.1. The average molecular weight is 576 g/mol. The molecule has 0 heterocycles. The average Bonchev–Trinajstić information content (AvgIpc) is 2.75. The second-order valence-corrected chi connectivity index (χ2v) is 12.4. The molecule has 0 radical (unpaired) electrons. The Morgan fingerprint density at radius 1 is 1.08 bits per heavy atom. The largest absolute Gasteiger partial charge is 0.416 e. The van der Waals surface area contributed by atoms with E-state index in [0.717, 1.165) is 24.0 Å². The summed E-state index contributed by atoms with van der Waals surface area (Å²) in [6, 6.07) is 8.51. The van der Waals surface area contributed by atoms with E-state index in [-0.39, 0.29) is 18.0 Å². The van der Waals surface area contributed by atoms with Gasteiger partial charge in [-0.1, -0.05) is 48.4 Å². The van der Waals surface area contributed by atoms with Crippen molar-refractivity contribution < 1.29 is 31.2 Å². The van der Waals surface area contributed by atoms with Crippen LogP contribution in [0.25, 0.3) is 0 Å². The van der Waals surface area contributed by atoms with E-state index in [1.54, 1.807) is 39.8 Å². The molecule has 2 aromatic rings. The molecule has 1 atom stereocenters. The molecule has 38 heavy (non-hydrogen) atoms. The third kappa shape index (κ3) is 8.62. The summed E-state index contributed by atoms with van der Waals surface area (Å²) < 4.78 is 66.0. The number of rotatable bonds is 9. The maximum absolute atomic E-state index is 13.7. The van der Waals surface area contributed by atoms with Crippen molar-refractivity contribution in [2.75, 3.05) is 17.1 Å². The van der Waals surface area contributed by atoms with E-state index in [1.165, 1.54) is 4.90 Å². The van der Waals surface area contributed by atoms with Gasteiger partial charge in [0.2, 0.25) is 21.8 Å². The Hall–Kier alpha value is -2.79. The molecule has 7 nitrogen and oxygen atoms in total. The number of sulfonamides is 1. The number of benzene rings is 2. The number of halogens is 4. The van der Waals surface area contributed by atoms with Crippen molar-refractivity contribution in [1.29, 1.82) is 0 Å². The van der Waals surface area contributed by atoms with Gasteiger partial charge in [0.25, 0.3) is 0 Å². The lowest BCUT2D eigenvalue weighted by Crippen LogP contribution is -2.55. The molecule has 2 amide bonds. The maximum atomic E-state index is 13.7. The summed E-state index contributed by atoms with van der Waals surface area (Å²) in [6.07, 6.45) is -3.78. The van der Waals surface area contributed by atoms with Gasteiger partial charge < -0.3 is 10.2 Å². The molecule has 0 spiro atoms. The number of nitrogens with one attached hydrogen (secondary N) is 1. The minimum Gasteiger partial charge on any atom is -0.350 e. The number of hydrogen-bond donors (Lipinski definition) is 1. The Kier molecular flexibility index (Phi) is 9.88. The second-order valence-electron chi connectivity index (χ2n) is 10.1. The molecule has 0 fully saturated rings. The molecule has 0 aliphatic rings. The molecule has 0 bridgehead atoms. The molecule has 0 aliphatic carbocycles. The number of carbonyl (C=O) groups excluding carboxylic acids is 2. The van der Waals surface area contributed by atoms with Crippen LogP contribution in [0.3, 0.4) is 0 Å². The van der Waals surface area contributed by atoms with Crippen LogP contribution in [-0.4, -0.2) is 49.5 Å². The first-order chi connectivity index (χ1) is 17.3. The molecule has 210 valence electrons. The van der Waals surface area contributed by atoms with Crippen LogP contribution in [0.5, 0.6) is 0 Å². The summed E-state index contributed by atoms with van der Waals surface area (Å²) in [4.78, 5) is 28.1. The number of alkyl halides is 3. The molecule has 0 aliphatic heterocycles. The van der Waals surface area contributed by atoms with Crippen molar-refractivity contribution in [1.82, 2.24) is 10.2 Å². The zero-order chi connectivity index (χ0) is 29.1. The minimum absolute atomic E-state index is 0.0233. The summed E-state index contributed by atoms with van der Waals surface area (Å²) in [6.45, 7) is 8.04. The monoisotopic (exact) mass is 575 g/mol. The molecular formula is C26H33ClF3N3O4S. The van der Waals surface area contributed by atoms with Crippen molar-refractivity contribution in [3.05, 3.63) is 64.2 Å². The van der Waals surface area contributed by atoms with Gasteiger partial charge in [0.05, 0.1) is 22.5 Å². The zero-order valence-electron chi connectivity index (χ0n) is 22.2. The number of hydrogen-bond acceptors (Lipinski definition) is 4. The van der Waals surface area contributed by atoms with Gasteiger partial charge in [-0.2, -0.15) is 13.2 Å². The molecule has 2 rings (SSSR count). The molecule has 2 aromatic carbocycles. The van der Waals surface area contributed by atoms with Gasteiger partial charge in [0, 0.05) is 12.1 Å². The van der Waals surface area contributed by atoms with Crippen molar-refractivity contribution in [2.45, 2.75) is 65.3 Å². The van der Waals surface area contributed by atoms with Crippen LogP contribution in [-0.2, 0) is 32.3 Å². The Bertz CT molecular complexity index is 1280. The smallest absolute Gasteiger partial charge is 0.350 e. The predicted molar refractivity (Wildman–Crippen MR) is 142 cm³/mol. The Morgan fingerprint density at radius 3 is 2.21 bits per heavy atom. The van der Waals surface area contributed by atoms with Gasteiger partial charge in [-0.3, -0.25) is 13.9 Å². The van der Waals surface area contributed by atoms with Crippen LogP contribution < -0.4 is 9.62 Å². The molecular weight excluding hydrogens is 543 g/mol. The number of aryl methyl sites for hydroxylation is 1. The van der Waals surface area contributed by atoms with E-state index in [0.29, 0.717) is 15.9 Å². The molecule has 0 saturated carbocycles. The fourth-order valence-electron chi connectivity index (χ4n) is 3.85. The molecule has 0 saturated heterocycles. The van der Waals surface area contributed by atoms with Crippen molar-refractivity contribution in [3.8, 4) is 0 Å².